The minimum Gasteiger partial charge on any atom is -0.346 e. The van der Waals surface area contributed by atoms with Gasteiger partial charge in [-0.3, -0.25) is 4.98 Å². The van der Waals surface area contributed by atoms with E-state index in [0.29, 0.717) is 0 Å². The lowest BCUT2D eigenvalue weighted by molar-refractivity contribution is 1.08. The summed E-state index contributed by atoms with van der Waals surface area (Å²) in [6.45, 7) is 4.12. The summed E-state index contributed by atoms with van der Waals surface area (Å²) in [5, 5.41) is 1.21. The average molecular weight is 237 g/mol. The highest BCUT2D eigenvalue weighted by molar-refractivity contribution is 5.80. The molecule has 0 saturated heterocycles. The fourth-order valence-corrected chi connectivity index (χ4v) is 2.22. The van der Waals surface area contributed by atoms with E-state index < -0.39 is 0 Å². The van der Waals surface area contributed by atoms with Crippen molar-refractivity contribution in [3.05, 3.63) is 59.2 Å². The molecule has 0 unspecified atom stereocenters. The Morgan fingerprint density at radius 1 is 1.17 bits per heavy atom. The SMILES string of the molecule is Cc1cnc2[nH]cc(Cc3cccnc3C)c2c1. The highest BCUT2D eigenvalue weighted by Crippen LogP contribution is 2.21. The van der Waals surface area contributed by atoms with E-state index in [2.05, 4.69) is 34.0 Å². The third-order valence-corrected chi connectivity index (χ3v) is 3.25. The Kier molecular flexibility index (Phi) is 2.59. The molecule has 0 radical (unpaired) electrons. The lowest BCUT2D eigenvalue weighted by atomic mass is 10.0. The maximum Gasteiger partial charge on any atom is 0.137 e. The van der Waals surface area contributed by atoms with Gasteiger partial charge in [0.1, 0.15) is 5.65 Å². The standard InChI is InChI=1S/C15H15N3/c1-10-6-14-13(9-18-15(14)17-8-10)7-12-4-3-5-16-11(12)2/h3-6,8-9H,7H2,1-2H3,(H,17,18). The van der Waals surface area contributed by atoms with Gasteiger partial charge in [0.2, 0.25) is 0 Å². The Bertz CT molecular complexity index is 698. The molecular weight excluding hydrogens is 222 g/mol. The van der Waals surface area contributed by atoms with Gasteiger partial charge in [-0.05, 0) is 42.7 Å². The van der Waals surface area contributed by atoms with E-state index >= 15 is 0 Å². The first-order valence-electron chi connectivity index (χ1n) is 6.07. The molecule has 3 aromatic heterocycles. The molecule has 3 heteroatoms. The van der Waals surface area contributed by atoms with Crippen LogP contribution in [0.3, 0.4) is 0 Å². The molecule has 3 heterocycles. The molecule has 0 amide bonds. The van der Waals surface area contributed by atoms with Crippen LogP contribution in [-0.4, -0.2) is 15.0 Å². The normalized spacial score (nSPS) is 11.0. The largest absolute Gasteiger partial charge is 0.346 e. The van der Waals surface area contributed by atoms with Crippen LogP contribution in [0.15, 0.2) is 36.8 Å². The first-order chi connectivity index (χ1) is 8.74. The van der Waals surface area contributed by atoms with Crippen molar-refractivity contribution in [3.8, 4) is 0 Å². The first-order valence-corrected chi connectivity index (χ1v) is 6.07. The summed E-state index contributed by atoms with van der Waals surface area (Å²) in [5.74, 6) is 0. The maximum absolute atomic E-state index is 4.39. The molecule has 3 rings (SSSR count). The van der Waals surface area contributed by atoms with Crippen LogP contribution in [0.2, 0.25) is 0 Å². The zero-order chi connectivity index (χ0) is 12.5. The summed E-state index contributed by atoms with van der Waals surface area (Å²) in [4.78, 5) is 11.9. The van der Waals surface area contributed by atoms with Gasteiger partial charge in [0.15, 0.2) is 0 Å². The number of hydrogen-bond donors (Lipinski definition) is 1. The van der Waals surface area contributed by atoms with Gasteiger partial charge in [0, 0.05) is 36.1 Å². The predicted octanol–water partition coefficient (Wildman–Crippen LogP) is 3.17. The molecule has 0 fully saturated rings. The van der Waals surface area contributed by atoms with Crippen LogP contribution in [0.25, 0.3) is 11.0 Å². The second-order valence-electron chi connectivity index (χ2n) is 4.65. The van der Waals surface area contributed by atoms with Crippen LogP contribution in [-0.2, 0) is 6.42 Å². The Morgan fingerprint density at radius 3 is 2.89 bits per heavy atom. The minimum absolute atomic E-state index is 0.894. The zero-order valence-corrected chi connectivity index (χ0v) is 10.6. The molecule has 0 aromatic carbocycles. The molecule has 0 atom stereocenters. The molecular formula is C15H15N3. The van der Waals surface area contributed by atoms with Crippen LogP contribution >= 0.6 is 0 Å². The number of rotatable bonds is 2. The van der Waals surface area contributed by atoms with E-state index in [1.165, 1.54) is 22.1 Å². The summed E-state index contributed by atoms with van der Waals surface area (Å²) in [5.41, 5.74) is 5.77. The summed E-state index contributed by atoms with van der Waals surface area (Å²) in [7, 11) is 0. The molecule has 0 aliphatic carbocycles. The molecule has 3 nitrogen and oxygen atoms in total. The second kappa shape index (κ2) is 4.26. The molecule has 0 saturated carbocycles. The highest BCUT2D eigenvalue weighted by atomic mass is 14.8. The van der Waals surface area contributed by atoms with Crippen LogP contribution in [0.4, 0.5) is 0 Å². The van der Waals surface area contributed by atoms with Crippen molar-refractivity contribution in [1.29, 1.82) is 0 Å². The maximum atomic E-state index is 4.39. The summed E-state index contributed by atoms with van der Waals surface area (Å²) in [6.07, 6.45) is 6.66. The lowest BCUT2D eigenvalue weighted by Gasteiger charge is -2.03. The quantitative estimate of drug-likeness (QED) is 0.743. The van der Waals surface area contributed by atoms with Crippen molar-refractivity contribution in [2.45, 2.75) is 20.3 Å². The number of H-pyrrole nitrogens is 1. The lowest BCUT2D eigenvalue weighted by Crippen LogP contribution is -1.93. The summed E-state index contributed by atoms with van der Waals surface area (Å²) in [6, 6.07) is 6.30. The van der Waals surface area contributed by atoms with Crippen LogP contribution in [0, 0.1) is 13.8 Å². The number of hydrogen-bond acceptors (Lipinski definition) is 2. The molecule has 90 valence electrons. The van der Waals surface area contributed by atoms with Crippen LogP contribution in [0.5, 0.6) is 0 Å². The van der Waals surface area contributed by atoms with Gasteiger partial charge in [-0.25, -0.2) is 4.98 Å². The van der Waals surface area contributed by atoms with Crippen molar-refractivity contribution in [3.63, 3.8) is 0 Å². The van der Waals surface area contributed by atoms with Gasteiger partial charge in [-0.2, -0.15) is 0 Å². The van der Waals surface area contributed by atoms with Crippen LogP contribution in [0.1, 0.15) is 22.4 Å². The number of fused-ring (bicyclic) bond motifs is 1. The van der Waals surface area contributed by atoms with Gasteiger partial charge in [0.05, 0.1) is 0 Å². The molecule has 0 bridgehead atoms. The monoisotopic (exact) mass is 237 g/mol. The predicted molar refractivity (Wildman–Crippen MR) is 72.6 cm³/mol. The number of nitrogens with one attached hydrogen (secondary N) is 1. The van der Waals surface area contributed by atoms with Gasteiger partial charge < -0.3 is 4.98 Å². The zero-order valence-electron chi connectivity index (χ0n) is 10.6. The molecule has 0 aliphatic rings. The van der Waals surface area contributed by atoms with Crippen molar-refractivity contribution < 1.29 is 0 Å². The Morgan fingerprint density at radius 2 is 2.06 bits per heavy atom. The average Bonchev–Trinajstić information content (AvgIpc) is 2.75. The number of aryl methyl sites for hydroxylation is 2. The number of aromatic amines is 1. The van der Waals surface area contributed by atoms with Gasteiger partial charge in [-0.1, -0.05) is 6.07 Å². The highest BCUT2D eigenvalue weighted by Gasteiger charge is 2.07. The molecule has 1 N–H and O–H groups in total. The Labute approximate surface area is 106 Å². The van der Waals surface area contributed by atoms with Gasteiger partial charge in [-0.15, -0.1) is 0 Å². The van der Waals surface area contributed by atoms with Crippen molar-refractivity contribution >= 4 is 11.0 Å². The van der Waals surface area contributed by atoms with E-state index in [1.54, 1.807) is 0 Å². The number of pyridine rings is 2. The molecule has 18 heavy (non-hydrogen) atoms. The first kappa shape index (κ1) is 11.0. The Hall–Kier alpha value is -2.16. The fraction of sp³-hybridized carbons (Fsp3) is 0.200. The topological polar surface area (TPSA) is 41.6 Å². The third-order valence-electron chi connectivity index (χ3n) is 3.25. The summed E-state index contributed by atoms with van der Waals surface area (Å²) < 4.78 is 0. The second-order valence-corrected chi connectivity index (χ2v) is 4.65. The van der Waals surface area contributed by atoms with E-state index in [9.17, 15) is 0 Å². The smallest absolute Gasteiger partial charge is 0.137 e. The molecule has 0 aliphatic heterocycles. The number of aromatic nitrogens is 3. The van der Waals surface area contributed by atoms with Crippen molar-refractivity contribution in [2.24, 2.45) is 0 Å². The van der Waals surface area contributed by atoms with E-state index in [0.717, 1.165) is 17.8 Å². The fourth-order valence-electron chi connectivity index (χ4n) is 2.22. The van der Waals surface area contributed by atoms with E-state index in [4.69, 9.17) is 0 Å². The number of nitrogens with zero attached hydrogens (tertiary/aromatic N) is 2. The summed E-state index contributed by atoms with van der Waals surface area (Å²) >= 11 is 0. The minimum atomic E-state index is 0.894. The van der Waals surface area contributed by atoms with E-state index in [-0.39, 0.29) is 0 Å². The van der Waals surface area contributed by atoms with Crippen molar-refractivity contribution in [1.82, 2.24) is 15.0 Å². The van der Waals surface area contributed by atoms with E-state index in [1.807, 2.05) is 31.6 Å². The third kappa shape index (κ3) is 1.88. The van der Waals surface area contributed by atoms with Gasteiger partial charge in [0.25, 0.3) is 0 Å². The van der Waals surface area contributed by atoms with Crippen LogP contribution < -0.4 is 0 Å². The van der Waals surface area contributed by atoms with Crippen molar-refractivity contribution in [2.75, 3.05) is 0 Å². The molecule has 0 spiro atoms. The Balaban J connectivity index is 2.05. The molecule has 3 aromatic rings. The van der Waals surface area contributed by atoms with Gasteiger partial charge >= 0.3 is 0 Å².